The fourth-order valence-corrected chi connectivity index (χ4v) is 3.58. The summed E-state index contributed by atoms with van der Waals surface area (Å²) in [7, 11) is 0. The first-order valence-electron chi connectivity index (χ1n) is 8.66. The summed E-state index contributed by atoms with van der Waals surface area (Å²) in [6.07, 6.45) is 4.74. The van der Waals surface area contributed by atoms with Crippen LogP contribution in [0.1, 0.15) is 42.1 Å². The monoisotopic (exact) mass is 391 g/mol. The second kappa shape index (κ2) is 8.27. The van der Waals surface area contributed by atoms with Gasteiger partial charge in [0.1, 0.15) is 0 Å². The van der Waals surface area contributed by atoms with Crippen molar-refractivity contribution in [3.8, 4) is 0 Å². The third-order valence-corrected chi connectivity index (χ3v) is 5.47. The molecule has 1 heterocycles. The molecule has 1 saturated carbocycles. The van der Waals surface area contributed by atoms with Crippen LogP contribution in [0.15, 0.2) is 34.2 Å². The van der Waals surface area contributed by atoms with E-state index in [1.807, 2.05) is 37.4 Å². The molecule has 0 aliphatic heterocycles. The maximum atomic E-state index is 12.5. The molecule has 1 aromatic heterocycles. The number of hydrogen-bond acceptors (Lipinski definition) is 4. The fourth-order valence-electron chi connectivity index (χ4n) is 3.03. The molecule has 1 atom stereocenters. The average Bonchev–Trinajstić information content (AvgIpc) is 3.44. The van der Waals surface area contributed by atoms with E-state index < -0.39 is 0 Å². The number of amides is 1. The number of benzene rings is 1. The molecule has 1 fully saturated rings. The van der Waals surface area contributed by atoms with Crippen LogP contribution in [0.5, 0.6) is 0 Å². The second-order valence-corrected chi connectivity index (χ2v) is 7.80. The number of aromatic amines is 1. The lowest BCUT2D eigenvalue weighted by Crippen LogP contribution is -2.30. The Balaban J connectivity index is 1.65. The van der Waals surface area contributed by atoms with E-state index in [1.54, 1.807) is 0 Å². The van der Waals surface area contributed by atoms with E-state index in [-0.39, 0.29) is 23.9 Å². The van der Waals surface area contributed by atoms with Gasteiger partial charge in [-0.1, -0.05) is 35.5 Å². The molecule has 1 aliphatic rings. The van der Waals surface area contributed by atoms with Crippen molar-refractivity contribution in [1.29, 1.82) is 0 Å². The van der Waals surface area contributed by atoms with Crippen LogP contribution < -0.4 is 10.9 Å². The van der Waals surface area contributed by atoms with Crippen molar-refractivity contribution in [1.82, 2.24) is 15.3 Å². The summed E-state index contributed by atoms with van der Waals surface area (Å²) in [5.41, 5.74) is 2.17. The quantitative estimate of drug-likeness (QED) is 0.558. The summed E-state index contributed by atoms with van der Waals surface area (Å²) in [5.74, 6) is 0.428. The van der Waals surface area contributed by atoms with Crippen LogP contribution in [0.25, 0.3) is 0 Å². The molecule has 0 radical (unpaired) electrons. The molecular formula is C19H22ClN3O2S. The van der Waals surface area contributed by atoms with Gasteiger partial charge in [-0.25, -0.2) is 4.98 Å². The van der Waals surface area contributed by atoms with E-state index in [4.69, 9.17) is 11.6 Å². The third-order valence-electron chi connectivity index (χ3n) is 4.63. The zero-order chi connectivity index (χ0) is 18.7. The molecule has 1 aromatic carbocycles. The van der Waals surface area contributed by atoms with E-state index >= 15 is 0 Å². The van der Waals surface area contributed by atoms with Gasteiger partial charge in [0.15, 0.2) is 5.16 Å². The standard InChI is InChI=1S/C19H22ClN3O2S/c1-11-15(18(25)23-19(21-11)26-2)9-10-16(24)22-17(12-3-4-12)13-5-7-14(20)8-6-13/h5-8,12,17H,3-4,9-10H2,1-2H3,(H,22,24)(H,21,23,25). The van der Waals surface area contributed by atoms with Gasteiger partial charge in [-0.05, 0) is 56.1 Å². The van der Waals surface area contributed by atoms with Gasteiger partial charge in [-0.2, -0.15) is 0 Å². The Hall–Kier alpha value is -1.79. The van der Waals surface area contributed by atoms with Gasteiger partial charge >= 0.3 is 0 Å². The number of H-pyrrole nitrogens is 1. The first kappa shape index (κ1) is 19.0. The highest BCUT2D eigenvalue weighted by atomic mass is 35.5. The molecular weight excluding hydrogens is 370 g/mol. The zero-order valence-electron chi connectivity index (χ0n) is 14.8. The maximum Gasteiger partial charge on any atom is 0.254 e. The molecule has 138 valence electrons. The van der Waals surface area contributed by atoms with E-state index in [1.165, 1.54) is 11.8 Å². The van der Waals surface area contributed by atoms with Crippen molar-refractivity contribution in [3.63, 3.8) is 0 Å². The molecule has 1 unspecified atom stereocenters. The Bertz CT molecular complexity index is 847. The lowest BCUT2D eigenvalue weighted by molar-refractivity contribution is -0.122. The van der Waals surface area contributed by atoms with Gasteiger partial charge in [-0.3, -0.25) is 9.59 Å². The SMILES string of the molecule is CSc1nc(C)c(CCC(=O)NC(c2ccc(Cl)cc2)C2CC2)c(=O)[nH]1. The predicted molar refractivity (Wildman–Crippen MR) is 105 cm³/mol. The van der Waals surface area contributed by atoms with Crippen LogP contribution in [-0.2, 0) is 11.2 Å². The van der Waals surface area contributed by atoms with Gasteiger partial charge in [-0.15, -0.1) is 0 Å². The summed E-state index contributed by atoms with van der Waals surface area (Å²) in [4.78, 5) is 31.7. The summed E-state index contributed by atoms with van der Waals surface area (Å²) in [5, 5.41) is 4.41. The number of aromatic nitrogens is 2. The number of thioether (sulfide) groups is 1. The Kier molecular flexibility index (Phi) is 6.04. The summed E-state index contributed by atoms with van der Waals surface area (Å²) < 4.78 is 0. The third kappa shape index (κ3) is 4.68. The number of hydrogen-bond donors (Lipinski definition) is 2. The summed E-state index contributed by atoms with van der Waals surface area (Å²) in [6.45, 7) is 1.81. The Morgan fingerprint density at radius 3 is 2.65 bits per heavy atom. The summed E-state index contributed by atoms with van der Waals surface area (Å²) >= 11 is 7.35. The molecule has 0 saturated heterocycles. The van der Waals surface area contributed by atoms with Crippen molar-refractivity contribution in [3.05, 3.63) is 56.5 Å². The lowest BCUT2D eigenvalue weighted by atomic mass is 10.0. The second-order valence-electron chi connectivity index (χ2n) is 6.57. The molecule has 0 spiro atoms. The predicted octanol–water partition coefficient (Wildman–Crippen LogP) is 3.65. The van der Waals surface area contributed by atoms with Crippen LogP contribution in [-0.4, -0.2) is 22.1 Å². The highest BCUT2D eigenvalue weighted by Crippen LogP contribution is 2.41. The normalized spacial score (nSPS) is 14.9. The molecule has 2 N–H and O–H groups in total. The molecule has 7 heteroatoms. The van der Waals surface area contributed by atoms with Crippen LogP contribution >= 0.6 is 23.4 Å². The summed E-state index contributed by atoms with van der Waals surface area (Å²) in [6, 6.07) is 7.63. The Labute approximate surface area is 162 Å². The van der Waals surface area contributed by atoms with E-state index in [0.29, 0.717) is 33.8 Å². The Morgan fingerprint density at radius 2 is 2.08 bits per heavy atom. The number of carbonyl (C=O) groups excluding carboxylic acids is 1. The van der Waals surface area contributed by atoms with Crippen molar-refractivity contribution >= 4 is 29.3 Å². The van der Waals surface area contributed by atoms with E-state index in [0.717, 1.165) is 18.4 Å². The molecule has 1 amide bonds. The molecule has 3 rings (SSSR count). The number of nitrogens with one attached hydrogen (secondary N) is 2. The minimum Gasteiger partial charge on any atom is -0.349 e. The topological polar surface area (TPSA) is 74.8 Å². The Morgan fingerprint density at radius 1 is 1.38 bits per heavy atom. The van der Waals surface area contributed by atoms with Crippen LogP contribution in [0, 0.1) is 12.8 Å². The van der Waals surface area contributed by atoms with Gasteiger partial charge in [0.05, 0.1) is 6.04 Å². The average molecular weight is 392 g/mol. The van der Waals surface area contributed by atoms with E-state index in [2.05, 4.69) is 15.3 Å². The number of carbonyl (C=O) groups is 1. The molecule has 5 nitrogen and oxygen atoms in total. The highest BCUT2D eigenvalue weighted by Gasteiger charge is 2.33. The van der Waals surface area contributed by atoms with Crippen molar-refractivity contribution in [2.75, 3.05) is 6.26 Å². The number of halogens is 1. The van der Waals surface area contributed by atoms with Crippen LogP contribution in [0.2, 0.25) is 5.02 Å². The zero-order valence-corrected chi connectivity index (χ0v) is 16.4. The van der Waals surface area contributed by atoms with Crippen molar-refractivity contribution in [2.24, 2.45) is 5.92 Å². The molecule has 0 bridgehead atoms. The fraction of sp³-hybridized carbons (Fsp3) is 0.421. The molecule has 26 heavy (non-hydrogen) atoms. The van der Waals surface area contributed by atoms with Gasteiger partial charge in [0.25, 0.3) is 5.56 Å². The first-order valence-corrected chi connectivity index (χ1v) is 10.3. The number of nitrogens with zero attached hydrogens (tertiary/aromatic N) is 1. The van der Waals surface area contributed by atoms with Gasteiger partial charge in [0, 0.05) is 22.7 Å². The van der Waals surface area contributed by atoms with Crippen LogP contribution in [0.3, 0.4) is 0 Å². The molecule has 1 aliphatic carbocycles. The minimum atomic E-state index is -0.161. The maximum absolute atomic E-state index is 12.5. The lowest BCUT2D eigenvalue weighted by Gasteiger charge is -2.19. The number of aryl methyl sites for hydroxylation is 1. The minimum absolute atomic E-state index is 0.0103. The van der Waals surface area contributed by atoms with Gasteiger partial charge < -0.3 is 10.3 Å². The smallest absolute Gasteiger partial charge is 0.254 e. The highest BCUT2D eigenvalue weighted by molar-refractivity contribution is 7.98. The first-order chi connectivity index (χ1) is 12.5. The molecule has 2 aromatic rings. The van der Waals surface area contributed by atoms with Crippen molar-refractivity contribution in [2.45, 2.75) is 43.8 Å². The number of rotatable bonds is 7. The van der Waals surface area contributed by atoms with Crippen LogP contribution in [0.4, 0.5) is 0 Å². The van der Waals surface area contributed by atoms with E-state index in [9.17, 15) is 9.59 Å². The van der Waals surface area contributed by atoms with Crippen molar-refractivity contribution < 1.29 is 4.79 Å². The van der Waals surface area contributed by atoms with Gasteiger partial charge in [0.2, 0.25) is 5.91 Å². The largest absolute Gasteiger partial charge is 0.349 e.